The van der Waals surface area contributed by atoms with E-state index in [9.17, 15) is 4.39 Å². The van der Waals surface area contributed by atoms with Gasteiger partial charge in [0.05, 0.1) is 16.8 Å². The smallest absolute Gasteiger partial charge is 0.228 e. The zero-order chi connectivity index (χ0) is 26.2. The first-order valence-corrected chi connectivity index (χ1v) is 12.9. The van der Waals surface area contributed by atoms with Crippen LogP contribution in [0, 0.1) is 17.6 Å². The Bertz CT molecular complexity index is 1600. The van der Waals surface area contributed by atoms with Crippen LogP contribution in [0.5, 0.6) is 0 Å². The molecule has 0 amide bonds. The molecule has 3 aromatic carbocycles. The van der Waals surface area contributed by atoms with Crippen LogP contribution in [0.4, 0.5) is 20.5 Å². The number of hydrogen-bond donors (Lipinski definition) is 1. The van der Waals surface area contributed by atoms with Crippen molar-refractivity contribution < 1.29 is 8.78 Å². The molecule has 1 fully saturated rings. The van der Waals surface area contributed by atoms with Gasteiger partial charge in [-0.3, -0.25) is 0 Å². The first kappa shape index (κ1) is 24.3. The van der Waals surface area contributed by atoms with Gasteiger partial charge in [-0.05, 0) is 67.1 Å². The monoisotopic (exact) mass is 530 g/mol. The minimum Gasteiger partial charge on any atom is -0.383 e. The third kappa shape index (κ3) is 4.67. The van der Waals surface area contributed by atoms with Crippen LogP contribution in [-0.4, -0.2) is 32.8 Å². The van der Waals surface area contributed by atoms with Crippen molar-refractivity contribution in [2.45, 2.75) is 19.3 Å². The van der Waals surface area contributed by atoms with E-state index < -0.39 is 11.6 Å². The minimum atomic E-state index is -0.726. The highest BCUT2D eigenvalue weighted by Gasteiger charge is 2.26. The van der Waals surface area contributed by atoms with Gasteiger partial charge in [0.1, 0.15) is 17.5 Å². The molecule has 0 spiro atoms. The van der Waals surface area contributed by atoms with Crippen LogP contribution in [-0.2, 0) is 6.42 Å². The number of rotatable bonds is 5. The molecule has 5 aromatic rings. The summed E-state index contributed by atoms with van der Waals surface area (Å²) in [6.45, 7) is 1.53. The van der Waals surface area contributed by atoms with E-state index in [-0.39, 0.29) is 17.1 Å². The molecule has 6 rings (SSSR count). The lowest BCUT2D eigenvalue weighted by Crippen LogP contribution is -2.35. The van der Waals surface area contributed by atoms with E-state index in [1.165, 1.54) is 22.4 Å². The highest BCUT2D eigenvalue weighted by Crippen LogP contribution is 2.36. The fourth-order valence-corrected chi connectivity index (χ4v) is 5.21. The van der Waals surface area contributed by atoms with Crippen LogP contribution in [0.25, 0.3) is 28.0 Å². The Hall–Kier alpha value is -4.04. The van der Waals surface area contributed by atoms with Gasteiger partial charge in [0, 0.05) is 29.7 Å². The number of fused-ring (bicyclic) bond motifs is 1. The summed E-state index contributed by atoms with van der Waals surface area (Å²) < 4.78 is 30.3. The number of nitrogens with zero attached hydrogens (tertiary/aromatic N) is 5. The molecule has 38 heavy (non-hydrogen) atoms. The average Bonchev–Trinajstić information content (AvgIpc) is 3.26. The molecule has 2 aromatic heterocycles. The summed E-state index contributed by atoms with van der Waals surface area (Å²) in [6, 6.07) is 21.0. The van der Waals surface area contributed by atoms with Crippen molar-refractivity contribution in [1.29, 1.82) is 0 Å². The summed E-state index contributed by atoms with van der Waals surface area (Å²) >= 11 is 6.05. The molecule has 1 aliphatic rings. The zero-order valence-corrected chi connectivity index (χ0v) is 21.2. The van der Waals surface area contributed by atoms with E-state index in [1.807, 2.05) is 6.07 Å². The van der Waals surface area contributed by atoms with Crippen molar-refractivity contribution in [2.24, 2.45) is 5.92 Å². The van der Waals surface area contributed by atoms with Gasteiger partial charge in [-0.15, -0.1) is 5.10 Å². The number of aromatic nitrogens is 4. The second-order valence-corrected chi connectivity index (χ2v) is 10.0. The van der Waals surface area contributed by atoms with Gasteiger partial charge < -0.3 is 10.6 Å². The van der Waals surface area contributed by atoms with Crippen LogP contribution in [0.15, 0.2) is 72.8 Å². The Morgan fingerprint density at radius 1 is 0.921 bits per heavy atom. The second kappa shape index (κ2) is 10.0. The lowest BCUT2D eigenvalue weighted by molar-refractivity contribution is 0.401. The maximum Gasteiger partial charge on any atom is 0.228 e. The normalized spacial score (nSPS) is 14.3. The molecule has 0 radical (unpaired) electrons. The lowest BCUT2D eigenvalue weighted by Gasteiger charge is -2.32. The number of nitrogens with two attached hydrogens (primary N) is 1. The van der Waals surface area contributed by atoms with Crippen molar-refractivity contribution in [2.75, 3.05) is 23.7 Å². The van der Waals surface area contributed by atoms with Crippen LogP contribution in [0.3, 0.4) is 0 Å². The average molecular weight is 531 g/mol. The summed E-state index contributed by atoms with van der Waals surface area (Å²) in [6.07, 6.45) is 3.00. The van der Waals surface area contributed by atoms with E-state index >= 15 is 4.39 Å². The summed E-state index contributed by atoms with van der Waals surface area (Å²) in [7, 11) is 0. The number of piperidine rings is 1. The Morgan fingerprint density at radius 3 is 2.37 bits per heavy atom. The number of anilines is 2. The zero-order valence-electron chi connectivity index (χ0n) is 20.5. The molecular weight excluding hydrogens is 506 g/mol. The van der Waals surface area contributed by atoms with Crippen LogP contribution in [0.2, 0.25) is 5.02 Å². The number of benzene rings is 3. The van der Waals surface area contributed by atoms with E-state index in [0.29, 0.717) is 33.6 Å². The lowest BCUT2D eigenvalue weighted by atomic mass is 9.90. The van der Waals surface area contributed by atoms with E-state index in [1.54, 1.807) is 24.3 Å². The van der Waals surface area contributed by atoms with Crippen LogP contribution >= 0.6 is 11.6 Å². The number of hydrogen-bond acceptors (Lipinski definition) is 5. The van der Waals surface area contributed by atoms with Crippen LogP contribution in [0.1, 0.15) is 18.4 Å². The summed E-state index contributed by atoms with van der Waals surface area (Å²) in [5.74, 6) is -0.117. The highest BCUT2D eigenvalue weighted by atomic mass is 35.5. The van der Waals surface area contributed by atoms with Crippen molar-refractivity contribution in [1.82, 2.24) is 19.7 Å². The molecule has 1 saturated heterocycles. The van der Waals surface area contributed by atoms with Gasteiger partial charge in [-0.25, -0.2) is 18.4 Å². The van der Waals surface area contributed by atoms with Gasteiger partial charge >= 0.3 is 0 Å². The second-order valence-electron chi connectivity index (χ2n) is 9.59. The molecule has 0 bridgehead atoms. The SMILES string of the molecule is Nc1c2c(-c3ccc(F)cc3F)nc(N3CCC(Cc4ccccc4)CC3)nc2nn1-c1ccc(Cl)cc1. The maximum absolute atomic E-state index is 15.0. The molecule has 192 valence electrons. The molecular formula is C29H25ClF2N6. The topological polar surface area (TPSA) is 72.9 Å². The van der Waals surface area contributed by atoms with Crippen molar-refractivity contribution >= 4 is 34.4 Å². The summed E-state index contributed by atoms with van der Waals surface area (Å²) in [5, 5.41) is 5.64. The Balaban J connectivity index is 1.39. The van der Waals surface area contributed by atoms with E-state index in [2.05, 4.69) is 34.3 Å². The standard InChI is InChI=1S/C29H25ClF2N6/c30-20-6-9-22(10-7-20)38-27(33)25-26(23-11-8-21(31)17-24(23)32)34-29(35-28(25)36-38)37-14-12-19(13-15-37)16-18-4-2-1-3-5-18/h1-11,17,19H,12-16,33H2. The molecule has 0 aliphatic carbocycles. The molecule has 3 heterocycles. The van der Waals surface area contributed by atoms with Gasteiger partial charge in [-0.2, -0.15) is 4.98 Å². The van der Waals surface area contributed by atoms with Gasteiger partial charge in [0.25, 0.3) is 0 Å². The van der Waals surface area contributed by atoms with Gasteiger partial charge in [0.2, 0.25) is 5.95 Å². The first-order chi connectivity index (χ1) is 18.5. The quantitative estimate of drug-likeness (QED) is 0.282. The maximum atomic E-state index is 15.0. The molecule has 0 atom stereocenters. The fourth-order valence-electron chi connectivity index (χ4n) is 5.08. The van der Waals surface area contributed by atoms with Gasteiger partial charge in [-0.1, -0.05) is 41.9 Å². The Labute approximate surface area is 223 Å². The van der Waals surface area contributed by atoms with E-state index in [0.717, 1.165) is 38.4 Å². The Kier molecular flexibility index (Phi) is 6.41. The molecule has 6 nitrogen and oxygen atoms in total. The third-order valence-corrected chi connectivity index (χ3v) is 7.33. The van der Waals surface area contributed by atoms with Crippen LogP contribution < -0.4 is 10.6 Å². The summed E-state index contributed by atoms with van der Waals surface area (Å²) in [5.41, 5.74) is 9.30. The number of halogens is 3. The predicted octanol–water partition coefficient (Wildman–Crippen LogP) is 6.46. The van der Waals surface area contributed by atoms with Gasteiger partial charge in [0.15, 0.2) is 5.65 Å². The molecule has 1 aliphatic heterocycles. The first-order valence-electron chi connectivity index (χ1n) is 12.5. The minimum absolute atomic E-state index is 0.140. The van der Waals surface area contributed by atoms with Crippen molar-refractivity contribution in [3.8, 4) is 16.9 Å². The Morgan fingerprint density at radius 2 is 1.66 bits per heavy atom. The number of nitrogen functional groups attached to an aromatic ring is 1. The van der Waals surface area contributed by atoms with E-state index in [4.69, 9.17) is 27.3 Å². The van der Waals surface area contributed by atoms with Crippen molar-refractivity contribution in [3.05, 3.63) is 95.0 Å². The predicted molar refractivity (Wildman–Crippen MR) is 147 cm³/mol. The van der Waals surface area contributed by atoms with Crippen molar-refractivity contribution in [3.63, 3.8) is 0 Å². The molecule has 0 unspecified atom stereocenters. The largest absolute Gasteiger partial charge is 0.383 e. The molecule has 9 heteroatoms. The summed E-state index contributed by atoms with van der Waals surface area (Å²) in [4.78, 5) is 11.6. The fraction of sp³-hybridized carbons (Fsp3) is 0.207. The molecule has 2 N–H and O–H groups in total. The molecule has 0 saturated carbocycles. The third-order valence-electron chi connectivity index (χ3n) is 7.08. The highest BCUT2D eigenvalue weighted by molar-refractivity contribution is 6.30.